The molecule has 0 unspecified atom stereocenters. The van der Waals surface area contributed by atoms with Gasteiger partial charge in [0.25, 0.3) is 11.6 Å². The number of benzene rings is 2. The van der Waals surface area contributed by atoms with Crippen LogP contribution in [0.4, 0.5) is 5.69 Å². The topological polar surface area (TPSA) is 125 Å². The predicted octanol–water partition coefficient (Wildman–Crippen LogP) is 1.36. The number of nitro groups is 1. The summed E-state index contributed by atoms with van der Waals surface area (Å²) in [7, 11) is -3.54. The molecule has 0 saturated carbocycles. The van der Waals surface area contributed by atoms with E-state index in [0.29, 0.717) is 31.7 Å². The molecule has 0 aromatic heterocycles. The Kier molecular flexibility index (Phi) is 7.10. The van der Waals surface area contributed by atoms with Crippen molar-refractivity contribution in [2.75, 3.05) is 32.7 Å². The quantitative estimate of drug-likeness (QED) is 0.390. The van der Waals surface area contributed by atoms with Crippen LogP contribution in [0.3, 0.4) is 0 Å². The van der Waals surface area contributed by atoms with Gasteiger partial charge in [0.1, 0.15) is 0 Å². The number of hydrazone groups is 1. The Morgan fingerprint density at radius 3 is 2.29 bits per heavy atom. The lowest BCUT2D eigenvalue weighted by molar-refractivity contribution is -0.384. The van der Waals surface area contributed by atoms with Crippen LogP contribution in [0, 0.1) is 17.0 Å². The van der Waals surface area contributed by atoms with Crippen LogP contribution < -0.4 is 5.43 Å². The maximum absolute atomic E-state index is 12.7. The number of carbonyl (C=O) groups excluding carboxylic acids is 1. The molecule has 1 heterocycles. The maximum Gasteiger partial charge on any atom is 0.269 e. The number of rotatable bonds is 7. The summed E-state index contributed by atoms with van der Waals surface area (Å²) in [6.07, 6.45) is 1.40. The summed E-state index contributed by atoms with van der Waals surface area (Å²) in [5.74, 6) is -0.326. The van der Waals surface area contributed by atoms with Crippen LogP contribution >= 0.6 is 0 Å². The SMILES string of the molecule is Cc1ccc(S(=O)(=O)N2CCN(CC(=O)N/N=C\c3ccc([N+](=O)[O-])cc3)CC2)cc1. The van der Waals surface area contributed by atoms with E-state index in [9.17, 15) is 23.3 Å². The summed E-state index contributed by atoms with van der Waals surface area (Å²) in [6.45, 7) is 3.46. The largest absolute Gasteiger partial charge is 0.292 e. The fourth-order valence-corrected chi connectivity index (χ4v) is 4.51. The Hall–Kier alpha value is -3.15. The van der Waals surface area contributed by atoms with E-state index in [1.165, 1.54) is 34.8 Å². The third kappa shape index (κ3) is 5.94. The number of nitro benzene ring substituents is 1. The standard InChI is InChI=1S/C20H23N5O5S/c1-16-2-8-19(9-3-16)31(29,30)24-12-10-23(11-13-24)15-20(26)22-21-14-17-4-6-18(7-5-17)25(27)28/h2-9,14H,10-13,15H2,1H3,(H,22,26)/b21-14-. The molecule has 1 aliphatic heterocycles. The molecule has 1 N–H and O–H groups in total. The molecule has 0 spiro atoms. The highest BCUT2D eigenvalue weighted by Gasteiger charge is 2.28. The van der Waals surface area contributed by atoms with E-state index in [-0.39, 0.29) is 23.0 Å². The van der Waals surface area contributed by atoms with E-state index < -0.39 is 14.9 Å². The van der Waals surface area contributed by atoms with Crippen LogP contribution in [0.15, 0.2) is 58.5 Å². The second-order valence-corrected chi connectivity index (χ2v) is 9.07. The van der Waals surface area contributed by atoms with Crippen molar-refractivity contribution in [1.82, 2.24) is 14.6 Å². The molecule has 164 valence electrons. The van der Waals surface area contributed by atoms with Crippen molar-refractivity contribution in [3.05, 3.63) is 69.8 Å². The van der Waals surface area contributed by atoms with Crippen molar-refractivity contribution in [2.24, 2.45) is 5.10 Å². The minimum atomic E-state index is -3.54. The van der Waals surface area contributed by atoms with Gasteiger partial charge in [-0.2, -0.15) is 9.41 Å². The molecule has 0 atom stereocenters. The first kappa shape index (κ1) is 22.5. The number of amides is 1. The summed E-state index contributed by atoms with van der Waals surface area (Å²) in [5.41, 5.74) is 3.99. The number of sulfonamides is 1. The monoisotopic (exact) mass is 445 g/mol. The molecule has 0 radical (unpaired) electrons. The van der Waals surface area contributed by atoms with Gasteiger partial charge in [-0.1, -0.05) is 17.7 Å². The Balaban J connectivity index is 1.46. The van der Waals surface area contributed by atoms with Gasteiger partial charge in [-0.3, -0.25) is 19.8 Å². The zero-order valence-electron chi connectivity index (χ0n) is 17.0. The average molecular weight is 446 g/mol. The molecule has 0 bridgehead atoms. The molecule has 0 aliphatic carbocycles. The molecule has 2 aromatic rings. The fourth-order valence-electron chi connectivity index (χ4n) is 3.09. The van der Waals surface area contributed by atoms with Gasteiger partial charge in [-0.15, -0.1) is 0 Å². The number of hydrogen-bond acceptors (Lipinski definition) is 7. The summed E-state index contributed by atoms with van der Waals surface area (Å²) in [5, 5.41) is 14.5. The molecule has 1 fully saturated rings. The van der Waals surface area contributed by atoms with Crippen molar-refractivity contribution < 1.29 is 18.1 Å². The van der Waals surface area contributed by atoms with Crippen LogP contribution in [0.1, 0.15) is 11.1 Å². The smallest absolute Gasteiger partial charge is 0.269 e. The molecule has 10 nitrogen and oxygen atoms in total. The van der Waals surface area contributed by atoms with Crippen molar-refractivity contribution in [3.8, 4) is 0 Å². The van der Waals surface area contributed by atoms with Gasteiger partial charge < -0.3 is 0 Å². The fraction of sp³-hybridized carbons (Fsp3) is 0.300. The first-order valence-corrected chi connectivity index (χ1v) is 11.1. The molecule has 11 heteroatoms. The minimum Gasteiger partial charge on any atom is -0.292 e. The highest BCUT2D eigenvalue weighted by Crippen LogP contribution is 2.18. The summed E-state index contributed by atoms with van der Waals surface area (Å²) < 4.78 is 26.9. The summed E-state index contributed by atoms with van der Waals surface area (Å²) >= 11 is 0. The van der Waals surface area contributed by atoms with Crippen molar-refractivity contribution >= 4 is 27.8 Å². The third-order valence-corrected chi connectivity index (χ3v) is 6.78. The van der Waals surface area contributed by atoms with Crippen molar-refractivity contribution in [3.63, 3.8) is 0 Å². The first-order valence-electron chi connectivity index (χ1n) is 9.61. The molecule has 31 heavy (non-hydrogen) atoms. The van der Waals surface area contributed by atoms with E-state index in [4.69, 9.17) is 0 Å². The molecule has 1 aliphatic rings. The Bertz CT molecular complexity index is 1060. The van der Waals surface area contributed by atoms with Gasteiger partial charge in [0.05, 0.1) is 22.6 Å². The van der Waals surface area contributed by atoms with Crippen LogP contribution in [-0.2, 0) is 14.8 Å². The number of hydrogen-bond donors (Lipinski definition) is 1. The van der Waals surface area contributed by atoms with E-state index in [0.717, 1.165) is 5.56 Å². The van der Waals surface area contributed by atoms with Gasteiger partial charge in [0.15, 0.2) is 0 Å². The third-order valence-electron chi connectivity index (χ3n) is 4.86. The Morgan fingerprint density at radius 2 is 1.71 bits per heavy atom. The van der Waals surface area contributed by atoms with Gasteiger partial charge in [0, 0.05) is 38.3 Å². The summed E-state index contributed by atoms with van der Waals surface area (Å²) in [4.78, 5) is 24.4. The lowest BCUT2D eigenvalue weighted by atomic mass is 10.2. The van der Waals surface area contributed by atoms with Crippen molar-refractivity contribution in [1.29, 1.82) is 0 Å². The second-order valence-electron chi connectivity index (χ2n) is 7.14. The van der Waals surface area contributed by atoms with E-state index in [2.05, 4.69) is 10.5 Å². The number of nitrogens with one attached hydrogen (secondary N) is 1. The van der Waals surface area contributed by atoms with E-state index in [1.807, 2.05) is 11.8 Å². The van der Waals surface area contributed by atoms with Gasteiger partial charge in [-0.25, -0.2) is 13.8 Å². The summed E-state index contributed by atoms with van der Waals surface area (Å²) in [6, 6.07) is 12.5. The molecule has 3 rings (SSSR count). The van der Waals surface area contributed by atoms with Crippen LogP contribution in [-0.4, -0.2) is 67.4 Å². The van der Waals surface area contributed by atoms with E-state index in [1.54, 1.807) is 24.3 Å². The second kappa shape index (κ2) is 9.77. The minimum absolute atomic E-state index is 0.0234. The van der Waals surface area contributed by atoms with Gasteiger partial charge in [-0.05, 0) is 36.8 Å². The molecule has 1 saturated heterocycles. The lowest BCUT2D eigenvalue weighted by Crippen LogP contribution is -2.50. The first-order chi connectivity index (χ1) is 14.8. The zero-order chi connectivity index (χ0) is 22.4. The number of nitrogens with zero attached hydrogens (tertiary/aromatic N) is 4. The van der Waals surface area contributed by atoms with Crippen LogP contribution in [0.5, 0.6) is 0 Å². The molecule has 1 amide bonds. The molecular weight excluding hydrogens is 422 g/mol. The zero-order valence-corrected chi connectivity index (χ0v) is 17.8. The highest BCUT2D eigenvalue weighted by atomic mass is 32.2. The Labute approximate surface area is 180 Å². The van der Waals surface area contributed by atoms with Crippen LogP contribution in [0.25, 0.3) is 0 Å². The average Bonchev–Trinajstić information content (AvgIpc) is 2.75. The van der Waals surface area contributed by atoms with Gasteiger partial charge in [0.2, 0.25) is 10.0 Å². The molecule has 2 aromatic carbocycles. The number of piperazine rings is 1. The maximum atomic E-state index is 12.7. The van der Waals surface area contributed by atoms with Gasteiger partial charge >= 0.3 is 0 Å². The van der Waals surface area contributed by atoms with Crippen molar-refractivity contribution in [2.45, 2.75) is 11.8 Å². The normalized spacial score (nSPS) is 15.8. The number of aryl methyl sites for hydroxylation is 1. The molecular formula is C20H23N5O5S. The number of carbonyl (C=O) groups is 1. The lowest BCUT2D eigenvalue weighted by Gasteiger charge is -2.33. The van der Waals surface area contributed by atoms with E-state index >= 15 is 0 Å². The number of non-ortho nitro benzene ring substituents is 1. The van der Waals surface area contributed by atoms with Crippen LogP contribution in [0.2, 0.25) is 0 Å². The highest BCUT2D eigenvalue weighted by molar-refractivity contribution is 7.89. The Morgan fingerprint density at radius 1 is 1.10 bits per heavy atom. The predicted molar refractivity (Wildman–Crippen MR) is 115 cm³/mol.